The van der Waals surface area contributed by atoms with Gasteiger partial charge in [-0.1, -0.05) is 17.7 Å². The molecule has 0 N–H and O–H groups in total. The summed E-state index contributed by atoms with van der Waals surface area (Å²) >= 11 is 1.61. The highest BCUT2D eigenvalue weighted by Crippen LogP contribution is 2.40. The number of anilines is 1. The van der Waals surface area contributed by atoms with E-state index in [1.54, 1.807) is 11.3 Å². The van der Waals surface area contributed by atoms with Crippen LogP contribution in [0.15, 0.2) is 35.3 Å². The van der Waals surface area contributed by atoms with Gasteiger partial charge in [0.1, 0.15) is 10.8 Å². The number of ketones is 1. The Bertz CT molecular complexity index is 773. The molecule has 1 fully saturated rings. The number of aliphatic imine (C=N–C) groups is 1. The molecule has 0 amide bonds. The highest BCUT2D eigenvalue weighted by molar-refractivity contribution is 7.16. The standard InChI is InChI=1S/C18H18N2OS/c1-11-5-7-13(8-6-11)20-9-3-4-14-16(21)15-10-12(2)22-18(15)19-17(14)20/h5-8,10,14H,3-4,9H2,1-2H3. The lowest BCUT2D eigenvalue weighted by atomic mass is 9.87. The first-order valence-corrected chi connectivity index (χ1v) is 8.52. The number of carbonyl (C=O) groups is 1. The van der Waals surface area contributed by atoms with Gasteiger partial charge in [-0.15, -0.1) is 11.3 Å². The summed E-state index contributed by atoms with van der Waals surface area (Å²) in [6.07, 6.45) is 1.94. The van der Waals surface area contributed by atoms with Gasteiger partial charge in [0.05, 0.1) is 11.5 Å². The maximum atomic E-state index is 12.8. The van der Waals surface area contributed by atoms with Crippen LogP contribution in [0.5, 0.6) is 0 Å². The molecule has 0 radical (unpaired) electrons. The molecule has 0 spiro atoms. The summed E-state index contributed by atoms with van der Waals surface area (Å²) in [7, 11) is 0. The Morgan fingerprint density at radius 1 is 1.23 bits per heavy atom. The molecule has 3 heterocycles. The van der Waals surface area contributed by atoms with Crippen molar-refractivity contribution in [3.8, 4) is 0 Å². The van der Waals surface area contributed by atoms with E-state index in [0.29, 0.717) is 0 Å². The Kier molecular flexibility index (Phi) is 3.15. The van der Waals surface area contributed by atoms with Crippen molar-refractivity contribution >= 4 is 33.6 Å². The Balaban J connectivity index is 1.80. The van der Waals surface area contributed by atoms with Crippen LogP contribution in [0.4, 0.5) is 10.7 Å². The fourth-order valence-electron chi connectivity index (χ4n) is 3.31. The zero-order valence-corrected chi connectivity index (χ0v) is 13.6. The average molecular weight is 310 g/mol. The number of fused-ring (bicyclic) bond motifs is 2. The summed E-state index contributed by atoms with van der Waals surface area (Å²) in [6.45, 7) is 5.06. The Hall–Kier alpha value is -1.94. The lowest BCUT2D eigenvalue weighted by Gasteiger charge is -2.36. The maximum Gasteiger partial charge on any atom is 0.176 e. The van der Waals surface area contributed by atoms with Crippen molar-refractivity contribution in [2.45, 2.75) is 26.7 Å². The van der Waals surface area contributed by atoms with Gasteiger partial charge >= 0.3 is 0 Å². The fraction of sp³-hybridized carbons (Fsp3) is 0.333. The van der Waals surface area contributed by atoms with Crippen LogP contribution in [0, 0.1) is 19.8 Å². The van der Waals surface area contributed by atoms with E-state index in [9.17, 15) is 4.79 Å². The SMILES string of the molecule is Cc1ccc(N2CCCC3C(=O)c4cc(C)sc4N=C32)cc1. The molecular formula is C18H18N2OS. The Labute approximate surface area is 134 Å². The normalized spacial score (nSPS) is 20.5. The molecular weight excluding hydrogens is 292 g/mol. The summed E-state index contributed by atoms with van der Waals surface area (Å²) in [5, 5.41) is 0.882. The maximum absolute atomic E-state index is 12.8. The first-order valence-electron chi connectivity index (χ1n) is 7.71. The molecule has 1 saturated heterocycles. The van der Waals surface area contributed by atoms with E-state index in [1.807, 2.05) is 13.0 Å². The number of thiophene rings is 1. The Morgan fingerprint density at radius 3 is 2.77 bits per heavy atom. The minimum atomic E-state index is -0.0726. The van der Waals surface area contributed by atoms with E-state index >= 15 is 0 Å². The third-order valence-electron chi connectivity index (χ3n) is 4.44. The number of Topliss-reactive ketones (excluding diaryl/α,β-unsaturated/α-hetero) is 1. The van der Waals surface area contributed by atoms with Gasteiger partial charge in [0.15, 0.2) is 5.78 Å². The lowest BCUT2D eigenvalue weighted by Crippen LogP contribution is -2.45. The van der Waals surface area contributed by atoms with Crippen LogP contribution in [0.1, 0.15) is 33.6 Å². The van der Waals surface area contributed by atoms with Gasteiger partial charge in [-0.25, -0.2) is 4.99 Å². The van der Waals surface area contributed by atoms with E-state index < -0.39 is 0 Å². The van der Waals surface area contributed by atoms with E-state index in [0.717, 1.165) is 46.4 Å². The van der Waals surface area contributed by atoms with Crippen LogP contribution in [-0.4, -0.2) is 18.2 Å². The number of aryl methyl sites for hydroxylation is 2. The lowest BCUT2D eigenvalue weighted by molar-refractivity contribution is 0.0944. The van der Waals surface area contributed by atoms with Crippen LogP contribution in [0.3, 0.4) is 0 Å². The number of hydrogen-bond acceptors (Lipinski definition) is 4. The summed E-state index contributed by atoms with van der Waals surface area (Å²) < 4.78 is 0. The number of nitrogens with zero attached hydrogens (tertiary/aromatic N) is 2. The number of piperidine rings is 1. The highest BCUT2D eigenvalue weighted by atomic mass is 32.1. The van der Waals surface area contributed by atoms with Crippen LogP contribution in [0.2, 0.25) is 0 Å². The van der Waals surface area contributed by atoms with Crippen molar-refractivity contribution in [3.63, 3.8) is 0 Å². The van der Waals surface area contributed by atoms with E-state index in [4.69, 9.17) is 4.99 Å². The predicted molar refractivity (Wildman–Crippen MR) is 91.7 cm³/mol. The van der Waals surface area contributed by atoms with Gasteiger partial charge < -0.3 is 4.90 Å². The molecule has 2 aliphatic heterocycles. The van der Waals surface area contributed by atoms with Gasteiger partial charge in [0.2, 0.25) is 0 Å². The van der Waals surface area contributed by atoms with Crippen molar-refractivity contribution in [3.05, 3.63) is 46.3 Å². The largest absolute Gasteiger partial charge is 0.329 e. The van der Waals surface area contributed by atoms with Crippen molar-refractivity contribution in [2.75, 3.05) is 11.4 Å². The molecule has 0 aliphatic carbocycles. The minimum Gasteiger partial charge on any atom is -0.329 e. The van der Waals surface area contributed by atoms with Crippen LogP contribution in [0.25, 0.3) is 0 Å². The predicted octanol–water partition coefficient (Wildman–Crippen LogP) is 4.51. The second-order valence-electron chi connectivity index (χ2n) is 6.09. The molecule has 0 saturated carbocycles. The van der Waals surface area contributed by atoms with Gasteiger partial charge in [-0.05, 0) is 44.9 Å². The monoisotopic (exact) mass is 310 g/mol. The number of hydrogen-bond donors (Lipinski definition) is 0. The third-order valence-corrected chi connectivity index (χ3v) is 5.39. The van der Waals surface area contributed by atoms with Crippen LogP contribution < -0.4 is 4.90 Å². The number of amidine groups is 1. The van der Waals surface area contributed by atoms with Crippen molar-refractivity contribution in [2.24, 2.45) is 10.9 Å². The number of benzene rings is 1. The minimum absolute atomic E-state index is 0.0726. The van der Waals surface area contributed by atoms with Crippen molar-refractivity contribution < 1.29 is 4.79 Å². The molecule has 1 aromatic carbocycles. The molecule has 112 valence electrons. The zero-order chi connectivity index (χ0) is 15.3. The summed E-state index contributed by atoms with van der Waals surface area (Å²) in [5.74, 6) is 1.12. The second-order valence-corrected chi connectivity index (χ2v) is 7.33. The molecule has 22 heavy (non-hydrogen) atoms. The molecule has 0 bridgehead atoms. The quantitative estimate of drug-likeness (QED) is 0.776. The average Bonchev–Trinajstić information content (AvgIpc) is 2.89. The second kappa shape index (κ2) is 5.06. The van der Waals surface area contributed by atoms with Gasteiger partial charge in [-0.2, -0.15) is 0 Å². The topological polar surface area (TPSA) is 32.7 Å². The molecule has 1 atom stereocenters. The fourth-order valence-corrected chi connectivity index (χ4v) is 4.20. The molecule has 1 unspecified atom stereocenters. The van der Waals surface area contributed by atoms with Crippen LogP contribution in [-0.2, 0) is 0 Å². The smallest absolute Gasteiger partial charge is 0.176 e. The molecule has 4 rings (SSSR count). The summed E-state index contributed by atoms with van der Waals surface area (Å²) in [5.41, 5.74) is 3.20. The molecule has 2 aliphatic rings. The zero-order valence-electron chi connectivity index (χ0n) is 12.8. The number of carbonyl (C=O) groups excluding carboxylic acids is 1. The molecule has 1 aromatic heterocycles. The van der Waals surface area contributed by atoms with Gasteiger partial charge in [-0.3, -0.25) is 4.79 Å². The van der Waals surface area contributed by atoms with E-state index in [2.05, 4.69) is 36.1 Å². The van der Waals surface area contributed by atoms with Gasteiger partial charge in [0, 0.05) is 17.1 Å². The van der Waals surface area contributed by atoms with E-state index in [-0.39, 0.29) is 11.7 Å². The number of rotatable bonds is 1. The molecule has 3 nitrogen and oxygen atoms in total. The first kappa shape index (κ1) is 13.7. The molecule has 2 aromatic rings. The highest BCUT2D eigenvalue weighted by Gasteiger charge is 2.38. The summed E-state index contributed by atoms with van der Waals surface area (Å²) in [4.78, 5) is 21.0. The summed E-state index contributed by atoms with van der Waals surface area (Å²) in [6, 6.07) is 10.5. The van der Waals surface area contributed by atoms with Crippen molar-refractivity contribution in [1.82, 2.24) is 0 Å². The Morgan fingerprint density at radius 2 is 2.00 bits per heavy atom. The van der Waals surface area contributed by atoms with Crippen molar-refractivity contribution in [1.29, 1.82) is 0 Å². The third kappa shape index (κ3) is 2.10. The van der Waals surface area contributed by atoms with Crippen LogP contribution >= 0.6 is 11.3 Å². The first-order chi connectivity index (χ1) is 10.6. The molecule has 4 heteroatoms. The van der Waals surface area contributed by atoms with E-state index in [1.165, 1.54) is 5.56 Å². The van der Waals surface area contributed by atoms with Gasteiger partial charge in [0.25, 0.3) is 0 Å².